The van der Waals surface area contributed by atoms with Gasteiger partial charge in [-0.15, -0.1) is 22.7 Å². The van der Waals surface area contributed by atoms with Crippen LogP contribution < -0.4 is 4.74 Å². The number of para-hydroxylation sites is 1. The Kier molecular flexibility index (Phi) is 92.8. The van der Waals surface area contributed by atoms with Crippen LogP contribution >= 0.6 is 22.7 Å². The average Bonchev–Trinajstić information content (AvgIpc) is 1.52. The lowest BCUT2D eigenvalue weighted by Crippen LogP contribution is -2.10. The topological polar surface area (TPSA) is 66.0 Å². The summed E-state index contributed by atoms with van der Waals surface area (Å²) in [6.45, 7) is 65.3. The number of ether oxygens (including phenoxy) is 1. The number of thiazole rings is 1. The molecule has 0 radical (unpaired) electrons. The SMILES string of the molecule is C1=CC2CCCC2=C1.C=C(C)c1ccccc1.CC.CC.CC.CC.CC.CC.CC.CC.CC.CC.CC.CC.CC.CCc1ccccc1C.COc1ccccc1C.c1cc2n(n1)CCCC2.c1cc2ncsc2s1.c1ccc2ccccc2c1.c1nc2c(o1)CCC2. The number of hydrogen-bond acceptors (Lipinski definition) is 7. The Hall–Kier alpha value is -6.61. The van der Waals surface area contributed by atoms with Crippen molar-refractivity contribution in [2.45, 2.75) is 278 Å². The van der Waals surface area contributed by atoms with Crippen molar-refractivity contribution in [1.29, 1.82) is 0 Å². The van der Waals surface area contributed by atoms with Gasteiger partial charge in [0.05, 0.1) is 23.8 Å². The summed E-state index contributed by atoms with van der Waals surface area (Å²) in [6.07, 6.45) is 22.8. The number of aryl methyl sites for hydroxylation is 7. The minimum Gasteiger partial charge on any atom is -0.496 e. The number of thiophene rings is 1. The molecule has 5 heterocycles. The molecule has 0 amide bonds. The summed E-state index contributed by atoms with van der Waals surface area (Å²) >= 11 is 3.45. The molecule has 1 unspecified atom stereocenters. The Balaban J connectivity index is -0.000000146. The highest BCUT2D eigenvalue weighted by Crippen LogP contribution is 2.35. The largest absolute Gasteiger partial charge is 0.496 e. The summed E-state index contributed by atoms with van der Waals surface area (Å²) < 4.78 is 13.5. The number of benzene rings is 5. The molecule has 0 N–H and O–H groups in total. The minimum absolute atomic E-state index is 0.856. The smallest absolute Gasteiger partial charge is 0.181 e. The van der Waals surface area contributed by atoms with Crippen LogP contribution in [0.1, 0.15) is 272 Å². The molecule has 96 heavy (non-hydrogen) atoms. The lowest BCUT2D eigenvalue weighted by Gasteiger charge is -2.11. The highest BCUT2D eigenvalue weighted by atomic mass is 32.2. The van der Waals surface area contributed by atoms with E-state index in [0.29, 0.717) is 0 Å². The number of allylic oxidation sites excluding steroid dienone is 5. The van der Waals surface area contributed by atoms with Crippen LogP contribution in [0.4, 0.5) is 0 Å². The maximum absolute atomic E-state index is 5.06. The average molecular weight is 1360 g/mol. The van der Waals surface area contributed by atoms with Crippen molar-refractivity contribution in [2.75, 3.05) is 7.11 Å². The van der Waals surface area contributed by atoms with Gasteiger partial charge in [0.1, 0.15) is 15.5 Å². The van der Waals surface area contributed by atoms with E-state index in [2.05, 4.69) is 155 Å². The van der Waals surface area contributed by atoms with Gasteiger partial charge in [-0.2, -0.15) is 5.10 Å². The highest BCUT2D eigenvalue weighted by Gasteiger charge is 2.19. The lowest BCUT2D eigenvalue weighted by atomic mass is 10.1. The molecular formula is C88H148N4O2S2. The predicted molar refractivity (Wildman–Crippen MR) is 447 cm³/mol. The van der Waals surface area contributed by atoms with Crippen molar-refractivity contribution in [2.24, 2.45) is 5.92 Å². The number of fused-ring (bicyclic) bond motifs is 5. The molecular weight excluding hydrogens is 1210 g/mol. The Bertz CT molecular complexity index is 2760. The van der Waals surface area contributed by atoms with Gasteiger partial charge in [-0.05, 0) is 141 Å². The van der Waals surface area contributed by atoms with Crippen LogP contribution in [0.15, 0.2) is 198 Å². The molecule has 4 aromatic heterocycles. The van der Waals surface area contributed by atoms with Crippen molar-refractivity contribution in [3.63, 3.8) is 0 Å². The predicted octanol–water partition coefficient (Wildman–Crippen LogP) is 30.5. The Morgan fingerprint density at radius 2 is 1.05 bits per heavy atom. The van der Waals surface area contributed by atoms with Crippen molar-refractivity contribution in [1.82, 2.24) is 19.7 Å². The van der Waals surface area contributed by atoms with E-state index in [4.69, 9.17) is 9.15 Å². The van der Waals surface area contributed by atoms with Gasteiger partial charge >= 0.3 is 0 Å². The zero-order valence-corrected chi connectivity index (χ0v) is 69.4. The molecule has 1 aliphatic heterocycles. The van der Waals surface area contributed by atoms with E-state index >= 15 is 0 Å². The molecule has 1 atom stereocenters. The van der Waals surface area contributed by atoms with Gasteiger partial charge < -0.3 is 9.15 Å². The first-order valence-electron chi connectivity index (χ1n) is 37.7. The van der Waals surface area contributed by atoms with Crippen LogP contribution in [0.2, 0.25) is 0 Å². The van der Waals surface area contributed by atoms with E-state index < -0.39 is 0 Å². The van der Waals surface area contributed by atoms with E-state index in [1.807, 2.05) is 254 Å². The summed E-state index contributed by atoms with van der Waals surface area (Å²) in [6, 6.07) is 47.5. The van der Waals surface area contributed by atoms with E-state index in [-0.39, 0.29) is 0 Å². The molecule has 5 aromatic carbocycles. The van der Waals surface area contributed by atoms with Gasteiger partial charge in [0.2, 0.25) is 0 Å². The van der Waals surface area contributed by atoms with E-state index in [0.717, 1.165) is 54.3 Å². The molecule has 8 heteroatoms. The van der Waals surface area contributed by atoms with E-state index in [9.17, 15) is 0 Å². The molecule has 1 saturated carbocycles. The summed E-state index contributed by atoms with van der Waals surface area (Å²) in [5.41, 5.74) is 13.6. The molecule has 4 aliphatic rings. The third kappa shape index (κ3) is 49.8. The molecule has 9 aromatic rings. The van der Waals surface area contributed by atoms with Gasteiger partial charge in [-0.1, -0.05) is 344 Å². The lowest BCUT2D eigenvalue weighted by molar-refractivity contribution is 0.411. The zero-order chi connectivity index (χ0) is 75.2. The van der Waals surface area contributed by atoms with Crippen molar-refractivity contribution < 1.29 is 9.15 Å². The molecule has 6 nitrogen and oxygen atoms in total. The Labute approximate surface area is 603 Å². The molecule has 13 rings (SSSR count). The van der Waals surface area contributed by atoms with Crippen LogP contribution in [0.5, 0.6) is 5.75 Å². The third-order valence-corrected chi connectivity index (χ3v) is 14.3. The van der Waals surface area contributed by atoms with Gasteiger partial charge in [-0.3, -0.25) is 4.68 Å². The van der Waals surface area contributed by atoms with E-state index in [1.54, 1.807) is 35.4 Å². The van der Waals surface area contributed by atoms with Crippen LogP contribution in [0.25, 0.3) is 25.9 Å². The number of methoxy groups -OCH3 is 1. The Morgan fingerprint density at radius 3 is 1.49 bits per heavy atom. The third-order valence-electron chi connectivity index (χ3n) is 12.4. The minimum atomic E-state index is 0.856. The number of oxazole rings is 1. The van der Waals surface area contributed by atoms with Crippen LogP contribution in [0.3, 0.4) is 0 Å². The van der Waals surface area contributed by atoms with Gasteiger partial charge in [0.15, 0.2) is 6.39 Å². The van der Waals surface area contributed by atoms with Gasteiger partial charge in [-0.25, -0.2) is 9.97 Å². The first kappa shape index (κ1) is 105. The molecule has 0 spiro atoms. The normalized spacial score (nSPS) is 11.1. The molecule has 3 aliphatic carbocycles. The monoisotopic (exact) mass is 1360 g/mol. The van der Waals surface area contributed by atoms with Crippen molar-refractivity contribution in [3.05, 3.63) is 233 Å². The van der Waals surface area contributed by atoms with Crippen LogP contribution in [-0.2, 0) is 32.2 Å². The molecule has 0 saturated heterocycles. The fourth-order valence-corrected chi connectivity index (χ4v) is 9.93. The zero-order valence-electron chi connectivity index (χ0n) is 67.8. The number of rotatable bonds is 3. The second-order valence-corrected chi connectivity index (χ2v) is 19.4. The second kappa shape index (κ2) is 84.5. The van der Waals surface area contributed by atoms with Gasteiger partial charge in [0, 0.05) is 24.9 Å². The summed E-state index contributed by atoms with van der Waals surface area (Å²) in [5.74, 6) is 2.91. The van der Waals surface area contributed by atoms with E-state index in [1.165, 1.54) is 99.8 Å². The summed E-state index contributed by atoms with van der Waals surface area (Å²) in [5, 5.41) is 8.86. The first-order chi connectivity index (χ1) is 47.3. The van der Waals surface area contributed by atoms with Crippen LogP contribution in [-0.4, -0.2) is 26.9 Å². The van der Waals surface area contributed by atoms with Crippen LogP contribution in [0, 0.1) is 19.8 Å². The Morgan fingerprint density at radius 1 is 0.542 bits per heavy atom. The fraction of sp³-hybridized carbons (Fsp3) is 0.489. The fourth-order valence-electron chi connectivity index (χ4n) is 8.35. The second-order valence-electron chi connectivity index (χ2n) is 17.4. The maximum Gasteiger partial charge on any atom is 0.181 e. The highest BCUT2D eigenvalue weighted by molar-refractivity contribution is 7.36. The molecule has 544 valence electrons. The maximum atomic E-state index is 5.06. The number of hydrogen-bond donors (Lipinski definition) is 0. The van der Waals surface area contributed by atoms with Crippen molar-refractivity contribution in [3.8, 4) is 5.75 Å². The van der Waals surface area contributed by atoms with Crippen molar-refractivity contribution >= 4 is 48.5 Å². The molecule has 1 fully saturated rings. The first-order valence-corrected chi connectivity index (χ1v) is 39.4. The quantitative estimate of drug-likeness (QED) is 0.176. The summed E-state index contributed by atoms with van der Waals surface area (Å²) in [7, 11) is 1.68. The standard InChI is InChI=1S/C10H8.C9H10.C9H12.C8H10O.C8H10.C7H10N2.C6H7NO.C5H3NS2.13C2H6/c1-2-6-10-8-4-3-7-9(10)5-1;1-8(2)9-6-4-3-5-7-9;1-3-9-7-5-4-6-8(9)2;1-7-5-3-4-6-8(7)9-2;1-3-7-5-2-6-8(7)4-1;1-2-6-9-7(3-1)4-5-8-9;1-2-5-6(3-1)8-4-7-5;1-2-7-5-4(1)6-3-8-5;13*1-2/h1-8H;3-7H,1H2,2H3;4-7H,3H2,1-2H3;3-6H,1-2H3;1,3-4,7H,2,5-6H2;4-5H,1-3,6H2;4H,1-3H2;1-3H;13*1-2H3. The molecule has 0 bridgehead atoms. The van der Waals surface area contributed by atoms with Gasteiger partial charge in [0.25, 0.3) is 0 Å². The number of nitrogens with zero attached hydrogens (tertiary/aromatic N) is 4. The summed E-state index contributed by atoms with van der Waals surface area (Å²) in [4.78, 5) is 8.14. The number of aromatic nitrogens is 4.